The normalized spacial score (nSPS) is 19.4. The van der Waals surface area contributed by atoms with Gasteiger partial charge in [0.05, 0.1) is 5.56 Å². The van der Waals surface area contributed by atoms with Crippen molar-refractivity contribution < 1.29 is 14.4 Å². The molecule has 1 aromatic heterocycles. The van der Waals surface area contributed by atoms with Crippen LogP contribution in [0.15, 0.2) is 30.5 Å². The van der Waals surface area contributed by atoms with E-state index in [2.05, 4.69) is 13.8 Å². The highest BCUT2D eigenvalue weighted by Crippen LogP contribution is 2.25. The summed E-state index contributed by atoms with van der Waals surface area (Å²) in [5, 5.41) is 0.719. The van der Waals surface area contributed by atoms with Crippen molar-refractivity contribution >= 4 is 28.5 Å². The van der Waals surface area contributed by atoms with Crippen molar-refractivity contribution in [1.29, 1.82) is 0 Å². The van der Waals surface area contributed by atoms with Crippen molar-refractivity contribution in [2.75, 3.05) is 26.2 Å². The molecule has 0 saturated carbocycles. The first kappa shape index (κ1) is 21.1. The van der Waals surface area contributed by atoms with Crippen LogP contribution in [0.3, 0.4) is 0 Å². The Balaban J connectivity index is 1.90. The topological polar surface area (TPSA) is 62.6 Å². The van der Waals surface area contributed by atoms with Gasteiger partial charge in [-0.15, -0.1) is 0 Å². The fourth-order valence-corrected chi connectivity index (χ4v) is 4.47. The van der Waals surface area contributed by atoms with Crippen molar-refractivity contribution in [2.45, 2.75) is 40.7 Å². The van der Waals surface area contributed by atoms with Crippen molar-refractivity contribution in [1.82, 2.24) is 14.4 Å². The van der Waals surface area contributed by atoms with Crippen LogP contribution in [-0.2, 0) is 16.1 Å². The summed E-state index contributed by atoms with van der Waals surface area (Å²) < 4.78 is 1.79. The lowest BCUT2D eigenvalue weighted by molar-refractivity contribution is -0.131. The Morgan fingerprint density at radius 1 is 1.03 bits per heavy atom. The summed E-state index contributed by atoms with van der Waals surface area (Å²) in [4.78, 5) is 42.1. The first-order valence-corrected chi connectivity index (χ1v) is 10.5. The number of para-hydroxylation sites is 1. The third-order valence-electron chi connectivity index (χ3n) is 5.81. The Kier molecular flexibility index (Phi) is 6.40. The fourth-order valence-electron chi connectivity index (χ4n) is 4.47. The van der Waals surface area contributed by atoms with E-state index in [0.717, 1.165) is 17.3 Å². The number of fused-ring (bicyclic) bond motifs is 1. The number of aromatic nitrogens is 1. The molecule has 2 heterocycles. The quantitative estimate of drug-likeness (QED) is 0.555. The minimum atomic E-state index is -0.489. The number of nitrogens with zero attached hydrogens (tertiary/aromatic N) is 3. The second-order valence-electron chi connectivity index (χ2n) is 8.24. The van der Waals surface area contributed by atoms with Gasteiger partial charge in [0.15, 0.2) is 0 Å². The number of hydrogen-bond acceptors (Lipinski definition) is 3. The van der Waals surface area contributed by atoms with Gasteiger partial charge in [0, 0.05) is 43.3 Å². The molecule has 2 amide bonds. The van der Waals surface area contributed by atoms with Crippen LogP contribution in [0, 0.1) is 11.8 Å². The number of likely N-dealkylation sites (N-methyl/N-ethyl adjacent to an activating group) is 1. The maximum atomic E-state index is 13.1. The monoisotopic (exact) mass is 397 g/mol. The first-order valence-electron chi connectivity index (χ1n) is 10.5. The van der Waals surface area contributed by atoms with Crippen LogP contribution in [0.25, 0.3) is 10.9 Å². The molecule has 1 aliphatic heterocycles. The third-order valence-corrected chi connectivity index (χ3v) is 5.81. The van der Waals surface area contributed by atoms with Gasteiger partial charge in [-0.05, 0) is 38.2 Å². The molecule has 1 saturated heterocycles. The fraction of sp³-hybridized carbons (Fsp3) is 0.522. The SMILES string of the molecule is CCN(CC)C(=O)Cn1cc(C(=O)C(=O)N2C[C@H](C)C[C@@H](C)C2)c2ccccc21. The standard InChI is InChI=1S/C23H31N3O3/c1-5-24(6-2)21(27)15-25-14-19(18-9-7-8-10-20(18)25)22(28)23(29)26-12-16(3)11-17(4)13-26/h7-10,14,16-17H,5-6,11-13,15H2,1-4H3/t16-,17-/m1/s1. The summed E-state index contributed by atoms with van der Waals surface area (Å²) >= 11 is 0. The van der Waals surface area contributed by atoms with Crippen LogP contribution >= 0.6 is 0 Å². The van der Waals surface area contributed by atoms with Crippen molar-refractivity contribution in [3.63, 3.8) is 0 Å². The van der Waals surface area contributed by atoms with Gasteiger partial charge in [-0.3, -0.25) is 14.4 Å². The number of ketones is 1. The van der Waals surface area contributed by atoms with E-state index in [4.69, 9.17) is 0 Å². The van der Waals surface area contributed by atoms with Crippen LogP contribution in [0.2, 0.25) is 0 Å². The third kappa shape index (κ3) is 4.36. The van der Waals surface area contributed by atoms with E-state index in [1.54, 1.807) is 20.6 Å². The van der Waals surface area contributed by atoms with Crippen molar-refractivity contribution in [2.24, 2.45) is 11.8 Å². The summed E-state index contributed by atoms with van der Waals surface area (Å²) in [6.07, 6.45) is 2.74. The lowest BCUT2D eigenvalue weighted by Crippen LogP contribution is -2.45. The Bertz CT molecular complexity index is 903. The molecule has 6 heteroatoms. The lowest BCUT2D eigenvalue weighted by atomic mass is 9.91. The number of benzene rings is 1. The van der Waals surface area contributed by atoms with Crippen molar-refractivity contribution in [3.8, 4) is 0 Å². The number of amides is 2. The molecule has 2 aromatic rings. The van der Waals surface area contributed by atoms with Gasteiger partial charge in [-0.25, -0.2) is 0 Å². The Morgan fingerprint density at radius 2 is 1.66 bits per heavy atom. The van der Waals surface area contributed by atoms with Crippen LogP contribution in [0.5, 0.6) is 0 Å². The molecule has 0 radical (unpaired) electrons. The Hall–Kier alpha value is -2.63. The van der Waals surface area contributed by atoms with Gasteiger partial charge in [-0.1, -0.05) is 32.0 Å². The number of rotatable bonds is 6. The van der Waals surface area contributed by atoms with Crippen molar-refractivity contribution in [3.05, 3.63) is 36.0 Å². The summed E-state index contributed by atoms with van der Waals surface area (Å²) in [5.74, 6) is -0.148. The Morgan fingerprint density at radius 3 is 2.28 bits per heavy atom. The second-order valence-corrected chi connectivity index (χ2v) is 8.24. The second kappa shape index (κ2) is 8.80. The molecule has 3 rings (SSSR count). The van der Waals surface area contributed by atoms with E-state index >= 15 is 0 Å². The zero-order chi connectivity index (χ0) is 21.1. The van der Waals surface area contributed by atoms with E-state index in [1.165, 1.54) is 0 Å². The minimum Gasteiger partial charge on any atom is -0.342 e. The van der Waals surface area contributed by atoms with Gasteiger partial charge >= 0.3 is 0 Å². The molecule has 6 nitrogen and oxygen atoms in total. The average molecular weight is 398 g/mol. The molecule has 0 aliphatic carbocycles. The number of carbonyl (C=O) groups is 3. The van der Waals surface area contributed by atoms with E-state index in [0.29, 0.717) is 43.6 Å². The number of Topliss-reactive ketones (excluding diaryl/α,β-unsaturated/α-hetero) is 1. The summed E-state index contributed by atoms with van der Waals surface area (Å²) in [7, 11) is 0. The van der Waals surface area contributed by atoms with E-state index < -0.39 is 11.7 Å². The molecule has 29 heavy (non-hydrogen) atoms. The first-order chi connectivity index (χ1) is 13.8. The maximum Gasteiger partial charge on any atom is 0.295 e. The van der Waals surface area contributed by atoms with Crippen LogP contribution < -0.4 is 0 Å². The predicted molar refractivity (Wildman–Crippen MR) is 114 cm³/mol. The number of likely N-dealkylation sites (tertiary alicyclic amines) is 1. The lowest BCUT2D eigenvalue weighted by Gasteiger charge is -2.34. The molecule has 0 spiro atoms. The van der Waals surface area contributed by atoms with Gasteiger partial charge < -0.3 is 14.4 Å². The molecule has 0 bridgehead atoms. The number of carbonyl (C=O) groups excluding carboxylic acids is 3. The van der Waals surface area contributed by atoms with Crippen LogP contribution in [-0.4, -0.2) is 58.1 Å². The number of hydrogen-bond donors (Lipinski definition) is 0. The predicted octanol–water partition coefficient (Wildman–Crippen LogP) is 3.20. The van der Waals surface area contributed by atoms with E-state index in [9.17, 15) is 14.4 Å². The highest BCUT2D eigenvalue weighted by Gasteiger charge is 2.31. The summed E-state index contributed by atoms with van der Waals surface area (Å²) in [6.45, 7) is 10.8. The summed E-state index contributed by atoms with van der Waals surface area (Å²) in [5.41, 5.74) is 1.17. The largest absolute Gasteiger partial charge is 0.342 e. The molecule has 1 fully saturated rings. The molecule has 1 aliphatic rings. The average Bonchev–Trinajstić information content (AvgIpc) is 3.05. The molecule has 0 N–H and O–H groups in total. The minimum absolute atomic E-state index is 0.000223. The van der Waals surface area contributed by atoms with Gasteiger partial charge in [0.1, 0.15) is 6.54 Å². The van der Waals surface area contributed by atoms with Gasteiger partial charge in [0.2, 0.25) is 5.91 Å². The smallest absolute Gasteiger partial charge is 0.295 e. The molecular weight excluding hydrogens is 366 g/mol. The number of piperidine rings is 1. The van der Waals surface area contributed by atoms with Crippen LogP contribution in [0.1, 0.15) is 44.5 Å². The molecule has 0 unspecified atom stereocenters. The van der Waals surface area contributed by atoms with Crippen LogP contribution in [0.4, 0.5) is 0 Å². The molecular formula is C23H31N3O3. The molecule has 156 valence electrons. The Labute approximate surface area is 172 Å². The molecule has 1 aromatic carbocycles. The molecule has 2 atom stereocenters. The zero-order valence-electron chi connectivity index (χ0n) is 17.9. The summed E-state index contributed by atoms with van der Waals surface area (Å²) in [6, 6.07) is 7.46. The maximum absolute atomic E-state index is 13.1. The van der Waals surface area contributed by atoms with E-state index in [-0.39, 0.29) is 12.5 Å². The highest BCUT2D eigenvalue weighted by molar-refractivity contribution is 6.44. The van der Waals surface area contributed by atoms with E-state index in [1.807, 2.05) is 38.1 Å². The zero-order valence-corrected chi connectivity index (χ0v) is 17.9. The van der Waals surface area contributed by atoms with Gasteiger partial charge in [0.25, 0.3) is 11.7 Å². The highest BCUT2D eigenvalue weighted by atomic mass is 16.2. The van der Waals surface area contributed by atoms with Gasteiger partial charge in [-0.2, -0.15) is 0 Å².